The molecule has 1 amide bonds. The first kappa shape index (κ1) is 18.2. The van der Waals surface area contributed by atoms with Gasteiger partial charge in [-0.05, 0) is 40.3 Å². The number of carbonyl (C=O) groups excluding carboxylic acids is 1. The lowest BCUT2D eigenvalue weighted by Crippen LogP contribution is -2.48. The van der Waals surface area contributed by atoms with Gasteiger partial charge >= 0.3 is 0 Å². The number of piperazine rings is 1. The van der Waals surface area contributed by atoms with E-state index in [4.69, 9.17) is 0 Å². The predicted octanol–water partition coefficient (Wildman–Crippen LogP) is 1.97. The van der Waals surface area contributed by atoms with E-state index in [9.17, 15) is 9.18 Å². The Balaban J connectivity index is 1.40. The van der Waals surface area contributed by atoms with Crippen molar-refractivity contribution in [2.24, 2.45) is 7.05 Å². The summed E-state index contributed by atoms with van der Waals surface area (Å²) in [4.78, 5) is 17.0. The summed E-state index contributed by atoms with van der Waals surface area (Å²) in [6.45, 7) is 3.49. The Hall–Kier alpha value is -3.13. The maximum Gasteiger partial charge on any atom is 0.253 e. The molecule has 2 aromatic carbocycles. The molecule has 4 rings (SSSR count). The molecule has 8 heteroatoms. The predicted molar refractivity (Wildman–Crippen MR) is 102 cm³/mol. The number of benzene rings is 2. The van der Waals surface area contributed by atoms with Gasteiger partial charge in [0.1, 0.15) is 5.82 Å². The van der Waals surface area contributed by atoms with Crippen LogP contribution < -0.4 is 0 Å². The summed E-state index contributed by atoms with van der Waals surface area (Å²) in [5.74, 6) is 0.404. The number of amides is 1. The molecule has 0 radical (unpaired) electrons. The zero-order valence-electron chi connectivity index (χ0n) is 15.6. The molecule has 0 aliphatic carbocycles. The fourth-order valence-corrected chi connectivity index (χ4v) is 3.45. The summed E-state index contributed by atoms with van der Waals surface area (Å²) in [6.07, 6.45) is 0. The van der Waals surface area contributed by atoms with Crippen LogP contribution in [0.25, 0.3) is 11.4 Å². The fourth-order valence-electron chi connectivity index (χ4n) is 3.45. The molecule has 28 heavy (non-hydrogen) atoms. The Morgan fingerprint density at radius 2 is 1.86 bits per heavy atom. The molecular formula is C20H21FN6O. The summed E-state index contributed by atoms with van der Waals surface area (Å²) >= 11 is 0. The monoisotopic (exact) mass is 380 g/mol. The molecule has 7 nitrogen and oxygen atoms in total. The summed E-state index contributed by atoms with van der Waals surface area (Å²) in [6, 6.07) is 14.0. The minimum atomic E-state index is -0.218. The fraction of sp³-hybridized carbons (Fsp3) is 0.300. The second-order valence-electron chi connectivity index (χ2n) is 6.91. The molecular weight excluding hydrogens is 359 g/mol. The first-order valence-corrected chi connectivity index (χ1v) is 9.19. The zero-order valence-corrected chi connectivity index (χ0v) is 15.6. The smallest absolute Gasteiger partial charge is 0.253 e. The van der Waals surface area contributed by atoms with Crippen LogP contribution in [0.5, 0.6) is 0 Å². The summed E-state index contributed by atoms with van der Waals surface area (Å²) in [5.41, 5.74) is 2.38. The molecule has 1 fully saturated rings. The molecule has 0 spiro atoms. The number of hydrogen-bond donors (Lipinski definition) is 0. The highest BCUT2D eigenvalue weighted by Gasteiger charge is 2.22. The van der Waals surface area contributed by atoms with E-state index in [0.717, 1.165) is 24.2 Å². The molecule has 1 saturated heterocycles. The second kappa shape index (κ2) is 7.85. The number of aryl methyl sites for hydroxylation is 1. The van der Waals surface area contributed by atoms with Gasteiger partial charge in [-0.3, -0.25) is 9.69 Å². The topological polar surface area (TPSA) is 67.2 Å². The molecule has 0 unspecified atom stereocenters. The van der Waals surface area contributed by atoms with Crippen molar-refractivity contribution < 1.29 is 9.18 Å². The van der Waals surface area contributed by atoms with Gasteiger partial charge in [0.05, 0.1) is 0 Å². The van der Waals surface area contributed by atoms with Crippen molar-refractivity contribution in [3.05, 3.63) is 65.5 Å². The number of tetrazole rings is 1. The summed E-state index contributed by atoms with van der Waals surface area (Å²) in [7, 11) is 1.77. The number of hydrogen-bond acceptors (Lipinski definition) is 5. The Morgan fingerprint density at radius 1 is 1.07 bits per heavy atom. The van der Waals surface area contributed by atoms with Gasteiger partial charge in [0, 0.05) is 50.9 Å². The number of nitrogens with zero attached hydrogens (tertiary/aromatic N) is 6. The van der Waals surface area contributed by atoms with E-state index in [1.165, 1.54) is 6.07 Å². The highest BCUT2D eigenvalue weighted by atomic mass is 19.1. The third kappa shape index (κ3) is 3.91. The van der Waals surface area contributed by atoms with Gasteiger partial charge in [0.2, 0.25) is 0 Å². The van der Waals surface area contributed by atoms with Gasteiger partial charge in [-0.1, -0.05) is 24.3 Å². The molecule has 0 bridgehead atoms. The lowest BCUT2D eigenvalue weighted by Gasteiger charge is -2.34. The van der Waals surface area contributed by atoms with Crippen LogP contribution in [0, 0.1) is 5.82 Å². The molecule has 0 saturated carbocycles. The maximum absolute atomic E-state index is 13.4. The molecule has 1 aliphatic heterocycles. The highest BCUT2D eigenvalue weighted by Crippen LogP contribution is 2.19. The van der Waals surface area contributed by atoms with Crippen molar-refractivity contribution >= 4 is 5.91 Å². The van der Waals surface area contributed by atoms with Crippen molar-refractivity contribution in [1.29, 1.82) is 0 Å². The average Bonchev–Trinajstić information content (AvgIpc) is 3.14. The molecule has 0 atom stereocenters. The third-order valence-electron chi connectivity index (χ3n) is 4.94. The molecule has 144 valence electrons. The highest BCUT2D eigenvalue weighted by molar-refractivity contribution is 5.95. The van der Waals surface area contributed by atoms with Crippen molar-refractivity contribution in [2.75, 3.05) is 26.2 Å². The van der Waals surface area contributed by atoms with E-state index in [-0.39, 0.29) is 11.7 Å². The number of carbonyl (C=O) groups is 1. The van der Waals surface area contributed by atoms with Crippen LogP contribution in [0.15, 0.2) is 48.5 Å². The van der Waals surface area contributed by atoms with Gasteiger partial charge in [0.15, 0.2) is 5.82 Å². The lowest BCUT2D eigenvalue weighted by molar-refractivity contribution is 0.0628. The quantitative estimate of drug-likeness (QED) is 0.692. The Morgan fingerprint density at radius 3 is 2.57 bits per heavy atom. The Bertz CT molecular complexity index is 980. The molecule has 2 heterocycles. The van der Waals surface area contributed by atoms with Gasteiger partial charge in [0.25, 0.3) is 5.91 Å². The molecule has 1 aliphatic rings. The van der Waals surface area contributed by atoms with E-state index in [0.29, 0.717) is 31.0 Å². The molecule has 1 aromatic heterocycles. The summed E-state index contributed by atoms with van der Waals surface area (Å²) in [5, 5.41) is 11.5. The summed E-state index contributed by atoms with van der Waals surface area (Å²) < 4.78 is 14.9. The SMILES string of the molecule is Cn1nnnc1-c1cccc(C(=O)N2CCN(Cc3cccc(F)c3)CC2)c1. The minimum absolute atomic E-state index is 0.00221. The van der Waals surface area contributed by atoms with E-state index in [1.54, 1.807) is 23.9 Å². The van der Waals surface area contributed by atoms with E-state index in [1.807, 2.05) is 35.2 Å². The van der Waals surface area contributed by atoms with Crippen LogP contribution in [0.3, 0.4) is 0 Å². The van der Waals surface area contributed by atoms with Crippen molar-refractivity contribution in [3.63, 3.8) is 0 Å². The first-order chi connectivity index (χ1) is 13.6. The van der Waals surface area contributed by atoms with Gasteiger partial charge < -0.3 is 4.90 Å². The molecule has 0 N–H and O–H groups in total. The largest absolute Gasteiger partial charge is 0.336 e. The van der Waals surface area contributed by atoms with E-state index < -0.39 is 0 Å². The van der Waals surface area contributed by atoms with Crippen molar-refractivity contribution in [1.82, 2.24) is 30.0 Å². The van der Waals surface area contributed by atoms with Crippen LogP contribution in [0.1, 0.15) is 15.9 Å². The normalized spacial score (nSPS) is 15.0. The van der Waals surface area contributed by atoms with Crippen LogP contribution in [0.2, 0.25) is 0 Å². The second-order valence-corrected chi connectivity index (χ2v) is 6.91. The third-order valence-corrected chi connectivity index (χ3v) is 4.94. The molecule has 3 aromatic rings. The van der Waals surface area contributed by atoms with Gasteiger partial charge in [-0.25, -0.2) is 9.07 Å². The van der Waals surface area contributed by atoms with Crippen LogP contribution >= 0.6 is 0 Å². The standard InChI is InChI=1S/C20H21FN6O/c1-25-19(22-23-24-25)16-5-3-6-17(13-16)20(28)27-10-8-26(9-11-27)14-15-4-2-7-18(21)12-15/h2-7,12-13H,8-11,14H2,1H3. The Labute approximate surface area is 162 Å². The number of aromatic nitrogens is 4. The van der Waals surface area contributed by atoms with Crippen LogP contribution in [-0.2, 0) is 13.6 Å². The van der Waals surface area contributed by atoms with Crippen LogP contribution in [-0.4, -0.2) is 62.1 Å². The van der Waals surface area contributed by atoms with Gasteiger partial charge in [-0.15, -0.1) is 5.10 Å². The number of rotatable bonds is 4. The van der Waals surface area contributed by atoms with E-state index >= 15 is 0 Å². The minimum Gasteiger partial charge on any atom is -0.336 e. The van der Waals surface area contributed by atoms with Gasteiger partial charge in [-0.2, -0.15) is 0 Å². The van der Waals surface area contributed by atoms with Crippen molar-refractivity contribution in [2.45, 2.75) is 6.54 Å². The number of halogens is 1. The maximum atomic E-state index is 13.4. The van der Waals surface area contributed by atoms with E-state index in [2.05, 4.69) is 20.4 Å². The lowest BCUT2D eigenvalue weighted by atomic mass is 10.1. The average molecular weight is 380 g/mol. The van der Waals surface area contributed by atoms with Crippen molar-refractivity contribution in [3.8, 4) is 11.4 Å². The Kier molecular flexibility index (Phi) is 5.12. The zero-order chi connectivity index (χ0) is 19.5. The van der Waals surface area contributed by atoms with Crippen LogP contribution in [0.4, 0.5) is 4.39 Å². The first-order valence-electron chi connectivity index (χ1n) is 9.19.